The van der Waals surface area contributed by atoms with Crippen LogP contribution in [0.4, 0.5) is 0 Å². The lowest BCUT2D eigenvalue weighted by molar-refractivity contribution is 0.123. The minimum atomic E-state index is -0.0822. The summed E-state index contributed by atoms with van der Waals surface area (Å²) in [5.41, 5.74) is 5.83. The van der Waals surface area contributed by atoms with Gasteiger partial charge in [0.2, 0.25) is 0 Å². The first-order chi connectivity index (χ1) is 4.58. The smallest absolute Gasteiger partial charge is 0.0497 e. The van der Waals surface area contributed by atoms with Crippen LogP contribution in [0.5, 0.6) is 0 Å². The van der Waals surface area contributed by atoms with Crippen LogP contribution in [0.1, 0.15) is 26.7 Å². The average molecular weight is 143 g/mol. The van der Waals surface area contributed by atoms with Crippen molar-refractivity contribution < 1.29 is 5.11 Å². The van der Waals surface area contributed by atoms with Gasteiger partial charge in [-0.2, -0.15) is 0 Å². The Morgan fingerprint density at radius 3 is 2.40 bits per heavy atom. The van der Waals surface area contributed by atoms with Crippen molar-refractivity contribution in [1.82, 2.24) is 0 Å². The Hall–Kier alpha value is -0.0800. The molecule has 0 amide bonds. The zero-order chi connectivity index (χ0) is 7.78. The first kappa shape index (κ1) is 8.02. The normalized spacial score (nSPS) is 22.8. The standard InChI is InChI=1S/C8H17NO/c1-8(2,5-10)7(9)6-3-4-6/h6-7,10H,3-5,9H2,1-2H3/t7-/m0/s1. The molecule has 1 fully saturated rings. The molecule has 0 aliphatic heterocycles. The van der Waals surface area contributed by atoms with Crippen molar-refractivity contribution in [3.05, 3.63) is 0 Å². The maximum absolute atomic E-state index is 8.96. The van der Waals surface area contributed by atoms with Crippen LogP contribution in [-0.2, 0) is 0 Å². The van der Waals surface area contributed by atoms with E-state index in [1.165, 1.54) is 12.8 Å². The van der Waals surface area contributed by atoms with E-state index in [-0.39, 0.29) is 18.1 Å². The predicted octanol–water partition coefficient (Wildman–Crippen LogP) is 0.742. The van der Waals surface area contributed by atoms with Crippen molar-refractivity contribution in [1.29, 1.82) is 0 Å². The van der Waals surface area contributed by atoms with E-state index < -0.39 is 0 Å². The summed E-state index contributed by atoms with van der Waals surface area (Å²) in [4.78, 5) is 0. The van der Waals surface area contributed by atoms with Gasteiger partial charge in [-0.15, -0.1) is 0 Å². The second-order valence-electron chi connectivity index (χ2n) is 4.01. The number of rotatable bonds is 3. The Morgan fingerprint density at radius 2 is 2.10 bits per heavy atom. The highest BCUT2D eigenvalue weighted by atomic mass is 16.3. The van der Waals surface area contributed by atoms with Crippen LogP contribution in [0.15, 0.2) is 0 Å². The van der Waals surface area contributed by atoms with Gasteiger partial charge < -0.3 is 10.8 Å². The van der Waals surface area contributed by atoms with Crippen molar-refractivity contribution >= 4 is 0 Å². The van der Waals surface area contributed by atoms with E-state index in [1.807, 2.05) is 13.8 Å². The molecule has 0 aromatic carbocycles. The zero-order valence-corrected chi connectivity index (χ0v) is 6.80. The van der Waals surface area contributed by atoms with Gasteiger partial charge in [0.15, 0.2) is 0 Å². The molecule has 0 heterocycles. The summed E-state index contributed by atoms with van der Waals surface area (Å²) in [6, 6.07) is 0.192. The lowest BCUT2D eigenvalue weighted by Gasteiger charge is -2.29. The fourth-order valence-electron chi connectivity index (χ4n) is 1.20. The van der Waals surface area contributed by atoms with Gasteiger partial charge in [0, 0.05) is 18.1 Å². The monoisotopic (exact) mass is 143 g/mol. The molecular weight excluding hydrogens is 126 g/mol. The van der Waals surface area contributed by atoms with E-state index in [1.54, 1.807) is 0 Å². The van der Waals surface area contributed by atoms with Crippen molar-refractivity contribution in [3.63, 3.8) is 0 Å². The highest BCUT2D eigenvalue weighted by Crippen LogP contribution is 2.38. The summed E-state index contributed by atoms with van der Waals surface area (Å²) in [6.45, 7) is 4.25. The van der Waals surface area contributed by atoms with Crippen molar-refractivity contribution in [2.24, 2.45) is 17.1 Å². The fraction of sp³-hybridized carbons (Fsp3) is 1.00. The van der Waals surface area contributed by atoms with Gasteiger partial charge in [0.1, 0.15) is 0 Å². The number of aliphatic hydroxyl groups excluding tert-OH is 1. The van der Waals surface area contributed by atoms with Gasteiger partial charge >= 0.3 is 0 Å². The molecule has 0 aromatic rings. The molecule has 10 heavy (non-hydrogen) atoms. The molecule has 3 N–H and O–H groups in total. The Labute approximate surface area is 62.4 Å². The number of hydrogen-bond donors (Lipinski definition) is 2. The van der Waals surface area contributed by atoms with Gasteiger partial charge in [-0.25, -0.2) is 0 Å². The van der Waals surface area contributed by atoms with Crippen LogP contribution >= 0.6 is 0 Å². The Bertz CT molecular complexity index is 118. The van der Waals surface area contributed by atoms with E-state index in [4.69, 9.17) is 10.8 Å². The number of nitrogens with two attached hydrogens (primary N) is 1. The van der Waals surface area contributed by atoms with Crippen LogP contribution in [0.25, 0.3) is 0 Å². The summed E-state index contributed by atoms with van der Waals surface area (Å²) < 4.78 is 0. The first-order valence-electron chi connectivity index (χ1n) is 3.94. The Morgan fingerprint density at radius 1 is 1.60 bits per heavy atom. The molecule has 0 aromatic heterocycles. The summed E-state index contributed by atoms with van der Waals surface area (Å²) in [5.74, 6) is 0.683. The second-order valence-corrected chi connectivity index (χ2v) is 4.01. The predicted molar refractivity (Wildman–Crippen MR) is 41.6 cm³/mol. The van der Waals surface area contributed by atoms with Crippen LogP contribution in [-0.4, -0.2) is 17.8 Å². The van der Waals surface area contributed by atoms with Crippen molar-refractivity contribution in [3.8, 4) is 0 Å². The van der Waals surface area contributed by atoms with Crippen molar-refractivity contribution in [2.75, 3.05) is 6.61 Å². The first-order valence-corrected chi connectivity index (χ1v) is 3.94. The van der Waals surface area contributed by atoms with Gasteiger partial charge in [0.25, 0.3) is 0 Å². The molecular formula is C8H17NO. The summed E-state index contributed by atoms with van der Waals surface area (Å²) in [7, 11) is 0. The molecule has 1 aliphatic carbocycles. The third-order valence-corrected chi connectivity index (χ3v) is 2.44. The van der Waals surface area contributed by atoms with E-state index in [0.717, 1.165) is 0 Å². The molecule has 1 aliphatic rings. The minimum absolute atomic E-state index is 0.0822. The molecule has 1 rings (SSSR count). The quantitative estimate of drug-likeness (QED) is 0.612. The second kappa shape index (κ2) is 2.51. The van der Waals surface area contributed by atoms with Crippen LogP contribution in [0.2, 0.25) is 0 Å². The third kappa shape index (κ3) is 1.50. The maximum Gasteiger partial charge on any atom is 0.0497 e. The van der Waals surface area contributed by atoms with Gasteiger partial charge in [-0.3, -0.25) is 0 Å². The topological polar surface area (TPSA) is 46.2 Å². The molecule has 60 valence electrons. The lowest BCUT2D eigenvalue weighted by Crippen LogP contribution is -2.41. The average Bonchev–Trinajstić information content (AvgIpc) is 2.68. The summed E-state index contributed by atoms with van der Waals surface area (Å²) in [5, 5.41) is 8.96. The van der Waals surface area contributed by atoms with Gasteiger partial charge in [-0.05, 0) is 18.8 Å². The zero-order valence-electron chi connectivity index (χ0n) is 6.80. The summed E-state index contributed by atoms with van der Waals surface area (Å²) >= 11 is 0. The number of hydrogen-bond acceptors (Lipinski definition) is 2. The van der Waals surface area contributed by atoms with Gasteiger partial charge in [-0.1, -0.05) is 13.8 Å². The molecule has 2 nitrogen and oxygen atoms in total. The molecule has 0 spiro atoms. The van der Waals surface area contributed by atoms with Crippen LogP contribution < -0.4 is 5.73 Å². The van der Waals surface area contributed by atoms with E-state index in [9.17, 15) is 0 Å². The van der Waals surface area contributed by atoms with E-state index in [0.29, 0.717) is 5.92 Å². The fourth-order valence-corrected chi connectivity index (χ4v) is 1.20. The molecule has 0 saturated heterocycles. The summed E-state index contributed by atoms with van der Waals surface area (Å²) in [6.07, 6.45) is 2.51. The van der Waals surface area contributed by atoms with E-state index >= 15 is 0 Å². The minimum Gasteiger partial charge on any atom is -0.396 e. The maximum atomic E-state index is 8.96. The molecule has 0 radical (unpaired) electrons. The third-order valence-electron chi connectivity index (χ3n) is 2.44. The Kier molecular flexibility index (Phi) is 2.02. The van der Waals surface area contributed by atoms with Crippen molar-refractivity contribution in [2.45, 2.75) is 32.7 Å². The highest BCUT2D eigenvalue weighted by molar-refractivity contribution is 4.92. The SMILES string of the molecule is CC(C)(CO)[C@@H](N)C1CC1. The highest BCUT2D eigenvalue weighted by Gasteiger charge is 2.37. The number of aliphatic hydroxyl groups is 1. The van der Waals surface area contributed by atoms with Crippen LogP contribution in [0.3, 0.4) is 0 Å². The molecule has 0 unspecified atom stereocenters. The lowest BCUT2D eigenvalue weighted by atomic mass is 9.83. The Balaban J connectivity index is 2.43. The van der Waals surface area contributed by atoms with Crippen LogP contribution in [0, 0.1) is 11.3 Å². The van der Waals surface area contributed by atoms with E-state index in [2.05, 4.69) is 0 Å². The molecule has 1 saturated carbocycles. The molecule has 2 heteroatoms. The molecule has 0 bridgehead atoms. The molecule has 1 atom stereocenters. The van der Waals surface area contributed by atoms with Gasteiger partial charge in [0.05, 0.1) is 0 Å². The largest absolute Gasteiger partial charge is 0.396 e.